The third kappa shape index (κ3) is 2.79. The number of thiophene rings is 1. The Kier molecular flexibility index (Phi) is 4.02. The van der Waals surface area contributed by atoms with Crippen molar-refractivity contribution in [2.24, 2.45) is 0 Å². The smallest absolute Gasteiger partial charge is 0.0383 e. The zero-order valence-electron chi connectivity index (χ0n) is 10.3. The summed E-state index contributed by atoms with van der Waals surface area (Å²) in [7, 11) is 1.99. The molecule has 2 rings (SSSR count). The van der Waals surface area contributed by atoms with Crippen LogP contribution in [0.1, 0.15) is 23.4 Å². The zero-order valence-corrected chi connectivity index (χ0v) is 12.7. The normalized spacial score (nSPS) is 12.7. The molecule has 0 aliphatic carbocycles. The zero-order chi connectivity index (χ0) is 12.4. The number of hydrogen-bond donors (Lipinski definition) is 1. The van der Waals surface area contributed by atoms with Crippen LogP contribution in [0.2, 0.25) is 0 Å². The van der Waals surface area contributed by atoms with E-state index in [0.717, 1.165) is 4.47 Å². The van der Waals surface area contributed by atoms with Crippen molar-refractivity contribution in [3.8, 4) is 10.4 Å². The predicted molar refractivity (Wildman–Crippen MR) is 79.7 cm³/mol. The topological polar surface area (TPSA) is 12.0 Å². The van der Waals surface area contributed by atoms with E-state index in [0.29, 0.717) is 6.04 Å². The molecule has 1 heterocycles. The van der Waals surface area contributed by atoms with Gasteiger partial charge in [0, 0.05) is 20.3 Å². The summed E-state index contributed by atoms with van der Waals surface area (Å²) in [5.41, 5.74) is 2.64. The van der Waals surface area contributed by atoms with E-state index in [1.165, 1.54) is 20.9 Å². The number of rotatable bonds is 3. The van der Waals surface area contributed by atoms with Gasteiger partial charge in [0.05, 0.1) is 0 Å². The van der Waals surface area contributed by atoms with Crippen molar-refractivity contribution in [1.29, 1.82) is 0 Å². The Morgan fingerprint density at radius 3 is 2.71 bits per heavy atom. The van der Waals surface area contributed by atoms with Gasteiger partial charge in [0.25, 0.3) is 0 Å². The summed E-state index contributed by atoms with van der Waals surface area (Å²) in [4.78, 5) is 2.71. The van der Waals surface area contributed by atoms with Crippen LogP contribution in [0.3, 0.4) is 0 Å². The summed E-state index contributed by atoms with van der Waals surface area (Å²) in [5.74, 6) is 0. The van der Waals surface area contributed by atoms with Gasteiger partial charge in [0.1, 0.15) is 0 Å². The largest absolute Gasteiger partial charge is 0.313 e. The summed E-state index contributed by atoms with van der Waals surface area (Å²) in [5, 5.41) is 3.27. The first-order valence-corrected chi connectivity index (χ1v) is 7.26. The molecule has 1 aromatic carbocycles. The molecule has 1 aromatic heterocycles. The van der Waals surface area contributed by atoms with Crippen LogP contribution in [-0.4, -0.2) is 7.05 Å². The minimum Gasteiger partial charge on any atom is -0.313 e. The standard InChI is InChI=1S/C14H16BrNS/c1-9-4-5-11(15)8-12(9)14-7-6-13(17-14)10(2)16-3/h4-8,10,16H,1-3H3. The molecule has 1 unspecified atom stereocenters. The molecule has 0 fully saturated rings. The molecule has 0 aliphatic heterocycles. The maximum Gasteiger partial charge on any atom is 0.0383 e. The van der Waals surface area contributed by atoms with Gasteiger partial charge in [-0.2, -0.15) is 0 Å². The van der Waals surface area contributed by atoms with Gasteiger partial charge in [0.15, 0.2) is 0 Å². The van der Waals surface area contributed by atoms with E-state index in [4.69, 9.17) is 0 Å². The molecule has 2 aromatic rings. The van der Waals surface area contributed by atoms with Crippen molar-refractivity contribution in [2.75, 3.05) is 7.05 Å². The molecule has 1 N–H and O–H groups in total. The van der Waals surface area contributed by atoms with Crippen molar-refractivity contribution in [1.82, 2.24) is 5.32 Å². The molecule has 0 aliphatic rings. The fourth-order valence-electron chi connectivity index (χ4n) is 1.73. The maximum atomic E-state index is 3.54. The second kappa shape index (κ2) is 5.34. The Bertz CT molecular complexity index is 519. The van der Waals surface area contributed by atoms with Gasteiger partial charge >= 0.3 is 0 Å². The summed E-state index contributed by atoms with van der Waals surface area (Å²) in [6, 6.07) is 11.3. The average Bonchev–Trinajstić information content (AvgIpc) is 2.80. The highest BCUT2D eigenvalue weighted by Crippen LogP contribution is 2.34. The third-order valence-electron chi connectivity index (χ3n) is 2.95. The lowest BCUT2D eigenvalue weighted by Crippen LogP contribution is -2.10. The molecule has 0 spiro atoms. The molecular formula is C14H16BrNS. The quantitative estimate of drug-likeness (QED) is 0.861. The van der Waals surface area contributed by atoms with E-state index in [9.17, 15) is 0 Å². The van der Waals surface area contributed by atoms with Crippen LogP contribution >= 0.6 is 27.3 Å². The second-order valence-electron chi connectivity index (χ2n) is 4.17. The van der Waals surface area contributed by atoms with E-state index in [1.54, 1.807) is 0 Å². The number of hydrogen-bond acceptors (Lipinski definition) is 2. The molecule has 1 atom stereocenters. The lowest BCUT2D eigenvalue weighted by atomic mass is 10.1. The van der Waals surface area contributed by atoms with Crippen LogP contribution in [-0.2, 0) is 0 Å². The van der Waals surface area contributed by atoms with Crippen LogP contribution in [0.15, 0.2) is 34.8 Å². The summed E-state index contributed by atoms with van der Waals surface area (Å²) < 4.78 is 1.13. The minimum absolute atomic E-state index is 0.418. The number of halogens is 1. The van der Waals surface area contributed by atoms with Gasteiger partial charge in [-0.05, 0) is 56.3 Å². The lowest BCUT2D eigenvalue weighted by Gasteiger charge is -2.07. The fourth-order valence-corrected chi connectivity index (χ4v) is 3.24. The first kappa shape index (κ1) is 12.8. The molecular weight excluding hydrogens is 294 g/mol. The van der Waals surface area contributed by atoms with E-state index in [1.807, 2.05) is 18.4 Å². The SMILES string of the molecule is CNC(C)c1ccc(-c2cc(Br)ccc2C)s1. The molecule has 0 saturated carbocycles. The molecule has 17 heavy (non-hydrogen) atoms. The van der Waals surface area contributed by atoms with Gasteiger partial charge in [-0.1, -0.05) is 22.0 Å². The minimum atomic E-state index is 0.418. The summed E-state index contributed by atoms with van der Waals surface area (Å²) in [6.45, 7) is 4.34. The van der Waals surface area contributed by atoms with Crippen molar-refractivity contribution in [3.63, 3.8) is 0 Å². The van der Waals surface area contributed by atoms with Gasteiger partial charge in [-0.3, -0.25) is 0 Å². The van der Waals surface area contributed by atoms with Gasteiger partial charge < -0.3 is 5.32 Å². The monoisotopic (exact) mass is 309 g/mol. The van der Waals surface area contributed by atoms with Crippen LogP contribution in [0.4, 0.5) is 0 Å². The van der Waals surface area contributed by atoms with Crippen molar-refractivity contribution in [3.05, 3.63) is 45.2 Å². The predicted octanol–water partition coefficient (Wildman–Crippen LogP) is 4.77. The molecule has 0 amide bonds. The Morgan fingerprint density at radius 1 is 1.24 bits per heavy atom. The number of aryl methyl sites for hydroxylation is 1. The maximum absolute atomic E-state index is 3.54. The summed E-state index contributed by atoms with van der Waals surface area (Å²) in [6.07, 6.45) is 0. The average molecular weight is 310 g/mol. The number of nitrogens with one attached hydrogen (secondary N) is 1. The Hall–Kier alpha value is -0.640. The fraction of sp³-hybridized carbons (Fsp3) is 0.286. The Balaban J connectivity index is 2.40. The van der Waals surface area contributed by atoms with E-state index >= 15 is 0 Å². The van der Waals surface area contributed by atoms with E-state index in [-0.39, 0.29) is 0 Å². The first-order chi connectivity index (χ1) is 8.11. The Morgan fingerprint density at radius 2 is 2.00 bits per heavy atom. The van der Waals surface area contributed by atoms with Crippen molar-refractivity contribution < 1.29 is 0 Å². The highest BCUT2D eigenvalue weighted by Gasteiger charge is 2.09. The molecule has 0 radical (unpaired) electrons. The van der Waals surface area contributed by atoms with Crippen LogP contribution in [0.25, 0.3) is 10.4 Å². The third-order valence-corrected chi connectivity index (χ3v) is 4.75. The van der Waals surface area contributed by atoms with Crippen LogP contribution in [0.5, 0.6) is 0 Å². The number of benzene rings is 1. The highest BCUT2D eigenvalue weighted by molar-refractivity contribution is 9.10. The van der Waals surface area contributed by atoms with Gasteiger partial charge in [0.2, 0.25) is 0 Å². The summed E-state index contributed by atoms with van der Waals surface area (Å²) >= 11 is 5.39. The van der Waals surface area contributed by atoms with Crippen molar-refractivity contribution in [2.45, 2.75) is 19.9 Å². The second-order valence-corrected chi connectivity index (χ2v) is 6.20. The van der Waals surface area contributed by atoms with Gasteiger partial charge in [-0.15, -0.1) is 11.3 Å². The molecule has 0 saturated heterocycles. The van der Waals surface area contributed by atoms with Crippen LogP contribution in [0, 0.1) is 6.92 Å². The van der Waals surface area contributed by atoms with Gasteiger partial charge in [-0.25, -0.2) is 0 Å². The van der Waals surface area contributed by atoms with E-state index in [2.05, 4.69) is 65.4 Å². The molecule has 0 bridgehead atoms. The molecule has 1 nitrogen and oxygen atoms in total. The molecule has 3 heteroatoms. The first-order valence-electron chi connectivity index (χ1n) is 5.65. The van der Waals surface area contributed by atoms with Crippen LogP contribution < -0.4 is 5.32 Å². The van der Waals surface area contributed by atoms with E-state index < -0.39 is 0 Å². The Labute approximate surface area is 115 Å². The van der Waals surface area contributed by atoms with Crippen molar-refractivity contribution >= 4 is 27.3 Å². The highest BCUT2D eigenvalue weighted by atomic mass is 79.9. The lowest BCUT2D eigenvalue weighted by molar-refractivity contribution is 0.664. The molecule has 90 valence electrons.